The van der Waals surface area contributed by atoms with Gasteiger partial charge in [-0.3, -0.25) is 0 Å². The van der Waals surface area contributed by atoms with Gasteiger partial charge in [0.15, 0.2) is 0 Å². The van der Waals surface area contributed by atoms with E-state index < -0.39 is 0 Å². The van der Waals surface area contributed by atoms with Crippen molar-refractivity contribution < 1.29 is 0 Å². The molecule has 13 heavy (non-hydrogen) atoms. The average Bonchev–Trinajstić information content (AvgIpc) is 2.66. The van der Waals surface area contributed by atoms with E-state index in [2.05, 4.69) is 36.7 Å². The average molecular weight is 197 g/mol. The number of nitrogens with one attached hydrogen (secondary N) is 1. The lowest BCUT2D eigenvalue weighted by Gasteiger charge is -2.18. The first-order valence-corrected chi connectivity index (χ1v) is 5.86. The summed E-state index contributed by atoms with van der Waals surface area (Å²) < 4.78 is 0. The van der Waals surface area contributed by atoms with E-state index in [1.807, 2.05) is 18.4 Å². The van der Waals surface area contributed by atoms with Crippen molar-refractivity contribution >= 4 is 11.3 Å². The number of hydrogen-bond donors (Lipinski definition) is 1. The summed E-state index contributed by atoms with van der Waals surface area (Å²) in [5.41, 5.74) is 0. The second-order valence-corrected chi connectivity index (χ2v) is 4.59. The van der Waals surface area contributed by atoms with E-state index in [4.69, 9.17) is 0 Å². The molecular formula is C11H19NS. The summed E-state index contributed by atoms with van der Waals surface area (Å²) in [5, 5.41) is 5.53. The highest BCUT2D eigenvalue weighted by molar-refractivity contribution is 7.10. The van der Waals surface area contributed by atoms with Crippen LogP contribution in [0.25, 0.3) is 0 Å². The van der Waals surface area contributed by atoms with Crippen LogP contribution in [0.1, 0.15) is 37.6 Å². The van der Waals surface area contributed by atoms with Crippen LogP contribution in [0.4, 0.5) is 0 Å². The number of rotatable bonds is 5. The molecule has 0 fully saturated rings. The van der Waals surface area contributed by atoms with Gasteiger partial charge in [-0.15, -0.1) is 11.3 Å². The SMILES string of the molecule is CCC(C)CC(NC)c1cccs1. The van der Waals surface area contributed by atoms with Gasteiger partial charge in [0.1, 0.15) is 0 Å². The van der Waals surface area contributed by atoms with Gasteiger partial charge in [0.25, 0.3) is 0 Å². The van der Waals surface area contributed by atoms with Gasteiger partial charge in [-0.2, -0.15) is 0 Å². The zero-order valence-electron chi connectivity index (χ0n) is 8.71. The van der Waals surface area contributed by atoms with E-state index in [-0.39, 0.29) is 0 Å². The Bertz CT molecular complexity index is 218. The Balaban J connectivity index is 2.53. The third-order valence-electron chi connectivity index (χ3n) is 2.57. The van der Waals surface area contributed by atoms with Crippen LogP contribution in [0.15, 0.2) is 17.5 Å². The molecule has 1 aromatic rings. The van der Waals surface area contributed by atoms with E-state index >= 15 is 0 Å². The van der Waals surface area contributed by atoms with Crippen molar-refractivity contribution in [3.63, 3.8) is 0 Å². The van der Waals surface area contributed by atoms with Gasteiger partial charge in [-0.1, -0.05) is 26.3 Å². The Labute approximate surface area is 85.2 Å². The van der Waals surface area contributed by atoms with Crippen LogP contribution >= 0.6 is 11.3 Å². The third-order valence-corrected chi connectivity index (χ3v) is 3.56. The van der Waals surface area contributed by atoms with Crippen molar-refractivity contribution in [3.8, 4) is 0 Å². The minimum atomic E-state index is 0.551. The lowest BCUT2D eigenvalue weighted by atomic mass is 9.98. The quantitative estimate of drug-likeness (QED) is 0.762. The zero-order chi connectivity index (χ0) is 9.68. The van der Waals surface area contributed by atoms with Gasteiger partial charge in [-0.25, -0.2) is 0 Å². The maximum atomic E-state index is 3.38. The van der Waals surface area contributed by atoms with Gasteiger partial charge in [0.05, 0.1) is 0 Å². The van der Waals surface area contributed by atoms with E-state index in [1.54, 1.807) is 0 Å². The minimum absolute atomic E-state index is 0.551. The van der Waals surface area contributed by atoms with Crippen molar-refractivity contribution in [2.45, 2.75) is 32.7 Å². The van der Waals surface area contributed by atoms with Crippen LogP contribution in [0, 0.1) is 5.92 Å². The molecule has 1 rings (SSSR count). The predicted molar refractivity (Wildman–Crippen MR) is 60.2 cm³/mol. The second-order valence-electron chi connectivity index (χ2n) is 3.61. The van der Waals surface area contributed by atoms with Crippen LogP contribution in [-0.4, -0.2) is 7.05 Å². The molecule has 2 atom stereocenters. The first-order chi connectivity index (χ1) is 6.27. The molecule has 0 spiro atoms. The molecule has 1 N–H and O–H groups in total. The lowest BCUT2D eigenvalue weighted by Crippen LogP contribution is -2.17. The monoisotopic (exact) mass is 197 g/mol. The summed E-state index contributed by atoms with van der Waals surface area (Å²) in [6, 6.07) is 4.89. The van der Waals surface area contributed by atoms with Gasteiger partial charge in [-0.05, 0) is 30.8 Å². The molecule has 2 heteroatoms. The Morgan fingerprint density at radius 2 is 2.31 bits per heavy atom. The fourth-order valence-corrected chi connectivity index (χ4v) is 2.28. The molecular weight excluding hydrogens is 178 g/mol. The largest absolute Gasteiger partial charge is 0.312 e. The molecule has 2 unspecified atom stereocenters. The molecule has 0 amide bonds. The summed E-state index contributed by atoms with van der Waals surface area (Å²) in [7, 11) is 2.05. The molecule has 0 aliphatic carbocycles. The summed E-state index contributed by atoms with van der Waals surface area (Å²) in [6.07, 6.45) is 2.51. The standard InChI is InChI=1S/C11H19NS/c1-4-9(2)8-10(12-3)11-6-5-7-13-11/h5-7,9-10,12H,4,8H2,1-3H3. The van der Waals surface area contributed by atoms with E-state index in [1.165, 1.54) is 17.7 Å². The molecule has 74 valence electrons. The first-order valence-electron chi connectivity index (χ1n) is 4.98. The summed E-state index contributed by atoms with van der Waals surface area (Å²) >= 11 is 1.85. The number of thiophene rings is 1. The van der Waals surface area contributed by atoms with Crippen LogP contribution in [0.5, 0.6) is 0 Å². The topological polar surface area (TPSA) is 12.0 Å². The molecule has 1 heterocycles. The van der Waals surface area contributed by atoms with Gasteiger partial charge in [0.2, 0.25) is 0 Å². The fourth-order valence-electron chi connectivity index (χ4n) is 1.43. The third kappa shape index (κ3) is 3.12. The second kappa shape index (κ2) is 5.40. The van der Waals surface area contributed by atoms with Crippen LogP contribution in [-0.2, 0) is 0 Å². The Kier molecular flexibility index (Phi) is 4.46. The Morgan fingerprint density at radius 1 is 1.54 bits per heavy atom. The fraction of sp³-hybridized carbons (Fsp3) is 0.636. The molecule has 0 aliphatic rings. The molecule has 0 radical (unpaired) electrons. The highest BCUT2D eigenvalue weighted by Gasteiger charge is 2.12. The predicted octanol–water partition coefficient (Wildman–Crippen LogP) is 3.44. The molecule has 1 aromatic heterocycles. The Morgan fingerprint density at radius 3 is 2.77 bits per heavy atom. The maximum absolute atomic E-state index is 3.38. The molecule has 1 nitrogen and oxygen atoms in total. The zero-order valence-corrected chi connectivity index (χ0v) is 9.53. The highest BCUT2D eigenvalue weighted by atomic mass is 32.1. The minimum Gasteiger partial charge on any atom is -0.312 e. The molecule has 0 aromatic carbocycles. The maximum Gasteiger partial charge on any atom is 0.0414 e. The van der Waals surface area contributed by atoms with Gasteiger partial charge >= 0.3 is 0 Å². The van der Waals surface area contributed by atoms with Crippen molar-refractivity contribution in [2.75, 3.05) is 7.05 Å². The van der Waals surface area contributed by atoms with Gasteiger partial charge in [0, 0.05) is 10.9 Å². The molecule has 0 aliphatic heterocycles. The highest BCUT2D eigenvalue weighted by Crippen LogP contribution is 2.25. The smallest absolute Gasteiger partial charge is 0.0414 e. The van der Waals surface area contributed by atoms with Crippen LogP contribution in [0.3, 0.4) is 0 Å². The van der Waals surface area contributed by atoms with Crippen molar-refractivity contribution in [2.24, 2.45) is 5.92 Å². The molecule has 0 saturated carbocycles. The first kappa shape index (κ1) is 10.7. The van der Waals surface area contributed by atoms with Crippen LogP contribution in [0.2, 0.25) is 0 Å². The normalized spacial score (nSPS) is 15.6. The summed E-state index contributed by atoms with van der Waals surface area (Å²) in [4.78, 5) is 1.46. The van der Waals surface area contributed by atoms with Crippen molar-refractivity contribution in [1.82, 2.24) is 5.32 Å². The lowest BCUT2D eigenvalue weighted by molar-refractivity contribution is 0.426. The van der Waals surface area contributed by atoms with Crippen molar-refractivity contribution in [1.29, 1.82) is 0 Å². The van der Waals surface area contributed by atoms with Crippen molar-refractivity contribution in [3.05, 3.63) is 22.4 Å². The Hall–Kier alpha value is -0.340. The summed E-state index contributed by atoms with van der Waals surface area (Å²) in [6.45, 7) is 4.57. The van der Waals surface area contributed by atoms with Gasteiger partial charge < -0.3 is 5.32 Å². The summed E-state index contributed by atoms with van der Waals surface area (Å²) in [5.74, 6) is 0.805. The molecule has 0 bridgehead atoms. The van der Waals surface area contributed by atoms with E-state index in [0.29, 0.717) is 6.04 Å². The number of hydrogen-bond acceptors (Lipinski definition) is 2. The van der Waals surface area contributed by atoms with E-state index in [9.17, 15) is 0 Å². The van der Waals surface area contributed by atoms with E-state index in [0.717, 1.165) is 5.92 Å². The van der Waals surface area contributed by atoms with Crippen LogP contribution < -0.4 is 5.32 Å². The molecule has 0 saturated heterocycles.